The third-order valence-corrected chi connectivity index (χ3v) is 4.59. The normalized spacial score (nSPS) is 15.2. The molecule has 3 rings (SSSR count). The van der Waals surface area contributed by atoms with Crippen molar-refractivity contribution in [2.45, 2.75) is 25.7 Å². The van der Waals surface area contributed by atoms with Gasteiger partial charge < -0.3 is 4.90 Å². The highest BCUT2D eigenvalue weighted by Gasteiger charge is 2.24. The summed E-state index contributed by atoms with van der Waals surface area (Å²) in [6.07, 6.45) is 2.01. The van der Waals surface area contributed by atoms with Crippen LogP contribution in [0, 0.1) is 18.3 Å². The van der Waals surface area contributed by atoms with Crippen LogP contribution >= 0.6 is 0 Å². The summed E-state index contributed by atoms with van der Waals surface area (Å²) in [6, 6.07) is 17.7. The highest BCUT2D eigenvalue weighted by atomic mass is 16.2. The van der Waals surface area contributed by atoms with Gasteiger partial charge in [0.1, 0.15) is 0 Å². The second-order valence-corrected chi connectivity index (χ2v) is 6.17. The van der Waals surface area contributed by atoms with E-state index >= 15 is 0 Å². The van der Waals surface area contributed by atoms with E-state index in [0.717, 1.165) is 25.9 Å². The third-order valence-electron chi connectivity index (χ3n) is 4.59. The Morgan fingerprint density at radius 3 is 2.22 bits per heavy atom. The van der Waals surface area contributed by atoms with E-state index in [1.807, 2.05) is 4.90 Å². The summed E-state index contributed by atoms with van der Waals surface area (Å²) < 4.78 is 0. The molecule has 116 valence electrons. The van der Waals surface area contributed by atoms with E-state index in [4.69, 9.17) is 5.26 Å². The Bertz CT molecular complexity index is 718. The first-order valence-corrected chi connectivity index (χ1v) is 8.03. The molecule has 1 fully saturated rings. The van der Waals surface area contributed by atoms with Gasteiger partial charge in [-0.05, 0) is 55.5 Å². The van der Waals surface area contributed by atoms with Crippen LogP contribution in [0.1, 0.15) is 45.8 Å². The van der Waals surface area contributed by atoms with E-state index in [1.165, 1.54) is 11.1 Å². The lowest BCUT2D eigenvalue weighted by atomic mass is 9.89. The maximum Gasteiger partial charge on any atom is 0.253 e. The third kappa shape index (κ3) is 3.43. The second kappa shape index (κ2) is 6.66. The fourth-order valence-corrected chi connectivity index (χ4v) is 3.12. The first kappa shape index (κ1) is 15.3. The van der Waals surface area contributed by atoms with Crippen molar-refractivity contribution in [1.82, 2.24) is 4.90 Å². The predicted molar refractivity (Wildman–Crippen MR) is 90.2 cm³/mol. The summed E-state index contributed by atoms with van der Waals surface area (Å²) in [7, 11) is 0. The molecule has 1 saturated heterocycles. The Hall–Kier alpha value is -2.60. The first-order valence-electron chi connectivity index (χ1n) is 8.03. The van der Waals surface area contributed by atoms with Crippen LogP contribution in [0.5, 0.6) is 0 Å². The van der Waals surface area contributed by atoms with Crippen LogP contribution in [-0.2, 0) is 0 Å². The van der Waals surface area contributed by atoms with Gasteiger partial charge in [0, 0.05) is 18.7 Å². The van der Waals surface area contributed by atoms with Crippen LogP contribution in [0.4, 0.5) is 0 Å². The molecule has 0 unspecified atom stereocenters. The number of likely N-dealkylation sites (tertiary alicyclic amines) is 1. The van der Waals surface area contributed by atoms with Crippen molar-refractivity contribution in [2.24, 2.45) is 0 Å². The van der Waals surface area contributed by atoms with Gasteiger partial charge in [-0.25, -0.2) is 0 Å². The summed E-state index contributed by atoms with van der Waals surface area (Å²) in [4.78, 5) is 14.5. The van der Waals surface area contributed by atoms with Crippen LogP contribution in [0.2, 0.25) is 0 Å². The van der Waals surface area contributed by atoms with Crippen LogP contribution in [0.25, 0.3) is 0 Å². The Balaban J connectivity index is 1.62. The molecule has 0 atom stereocenters. The van der Waals surface area contributed by atoms with Gasteiger partial charge in [-0.1, -0.05) is 29.8 Å². The predicted octanol–water partition coefficient (Wildman–Crippen LogP) is 3.89. The molecular weight excluding hydrogens is 284 g/mol. The standard InChI is InChI=1S/C20H20N2O/c1-15-2-6-17(7-3-15)18-10-12-22(13-11-18)20(23)19-8-4-16(14-21)5-9-19/h2-9,18H,10-13H2,1H3. The van der Waals surface area contributed by atoms with Crippen molar-refractivity contribution in [3.63, 3.8) is 0 Å². The highest BCUT2D eigenvalue weighted by Crippen LogP contribution is 2.28. The largest absolute Gasteiger partial charge is 0.339 e. The van der Waals surface area contributed by atoms with Crippen LogP contribution in [0.15, 0.2) is 48.5 Å². The minimum absolute atomic E-state index is 0.0665. The topological polar surface area (TPSA) is 44.1 Å². The quantitative estimate of drug-likeness (QED) is 0.845. The minimum atomic E-state index is 0.0665. The zero-order valence-electron chi connectivity index (χ0n) is 13.3. The van der Waals surface area contributed by atoms with E-state index in [0.29, 0.717) is 17.0 Å². The Morgan fingerprint density at radius 2 is 1.65 bits per heavy atom. The highest BCUT2D eigenvalue weighted by molar-refractivity contribution is 5.94. The van der Waals surface area contributed by atoms with Gasteiger partial charge in [-0.2, -0.15) is 5.26 Å². The molecule has 0 spiro atoms. The van der Waals surface area contributed by atoms with Gasteiger partial charge in [0.15, 0.2) is 0 Å². The maximum atomic E-state index is 12.5. The number of hydrogen-bond donors (Lipinski definition) is 0. The Morgan fingerprint density at radius 1 is 1.04 bits per heavy atom. The molecule has 0 aromatic heterocycles. The number of nitrogens with zero attached hydrogens (tertiary/aromatic N) is 2. The number of rotatable bonds is 2. The first-order chi connectivity index (χ1) is 11.2. The Kier molecular flexibility index (Phi) is 4.43. The van der Waals surface area contributed by atoms with Gasteiger partial charge in [-0.3, -0.25) is 4.79 Å². The summed E-state index contributed by atoms with van der Waals surface area (Å²) in [5, 5.41) is 8.82. The number of amides is 1. The molecule has 3 nitrogen and oxygen atoms in total. The van der Waals surface area contributed by atoms with E-state index in [2.05, 4.69) is 37.3 Å². The molecule has 0 bridgehead atoms. The molecule has 0 aliphatic carbocycles. The average Bonchev–Trinajstić information content (AvgIpc) is 2.62. The summed E-state index contributed by atoms with van der Waals surface area (Å²) in [6.45, 7) is 3.68. The second-order valence-electron chi connectivity index (χ2n) is 6.17. The summed E-state index contributed by atoms with van der Waals surface area (Å²) >= 11 is 0. The van der Waals surface area contributed by atoms with Crippen molar-refractivity contribution < 1.29 is 4.79 Å². The van der Waals surface area contributed by atoms with Crippen molar-refractivity contribution in [2.75, 3.05) is 13.1 Å². The van der Waals surface area contributed by atoms with Crippen molar-refractivity contribution in [3.8, 4) is 6.07 Å². The van der Waals surface area contributed by atoms with Crippen molar-refractivity contribution in [3.05, 3.63) is 70.8 Å². The molecule has 0 radical (unpaired) electrons. The van der Waals surface area contributed by atoms with E-state index < -0.39 is 0 Å². The van der Waals surface area contributed by atoms with Crippen LogP contribution in [-0.4, -0.2) is 23.9 Å². The van der Waals surface area contributed by atoms with Gasteiger partial charge in [-0.15, -0.1) is 0 Å². The number of carbonyl (C=O) groups excluding carboxylic acids is 1. The minimum Gasteiger partial charge on any atom is -0.339 e. The molecular formula is C20H20N2O. The van der Waals surface area contributed by atoms with E-state index in [1.54, 1.807) is 24.3 Å². The van der Waals surface area contributed by atoms with Crippen LogP contribution < -0.4 is 0 Å². The van der Waals surface area contributed by atoms with Gasteiger partial charge >= 0.3 is 0 Å². The molecule has 3 heteroatoms. The van der Waals surface area contributed by atoms with Gasteiger partial charge in [0.2, 0.25) is 0 Å². The Labute approximate surface area is 137 Å². The average molecular weight is 304 g/mol. The zero-order chi connectivity index (χ0) is 16.2. The molecule has 1 aliphatic heterocycles. The van der Waals surface area contributed by atoms with Crippen LogP contribution in [0.3, 0.4) is 0 Å². The van der Waals surface area contributed by atoms with Gasteiger partial charge in [0.25, 0.3) is 5.91 Å². The van der Waals surface area contributed by atoms with E-state index in [9.17, 15) is 4.79 Å². The number of carbonyl (C=O) groups is 1. The fourth-order valence-electron chi connectivity index (χ4n) is 3.12. The van der Waals surface area contributed by atoms with Crippen molar-refractivity contribution in [1.29, 1.82) is 5.26 Å². The number of benzene rings is 2. The summed E-state index contributed by atoms with van der Waals surface area (Å²) in [5.74, 6) is 0.609. The fraction of sp³-hybridized carbons (Fsp3) is 0.300. The lowest BCUT2D eigenvalue weighted by Crippen LogP contribution is -2.37. The zero-order valence-corrected chi connectivity index (χ0v) is 13.3. The van der Waals surface area contributed by atoms with Gasteiger partial charge in [0.05, 0.1) is 11.6 Å². The molecule has 1 heterocycles. The number of hydrogen-bond acceptors (Lipinski definition) is 2. The van der Waals surface area contributed by atoms with Crippen molar-refractivity contribution >= 4 is 5.91 Å². The lowest BCUT2D eigenvalue weighted by Gasteiger charge is -2.32. The number of aryl methyl sites for hydroxylation is 1. The molecule has 2 aromatic carbocycles. The van der Waals surface area contributed by atoms with E-state index in [-0.39, 0.29) is 5.91 Å². The molecule has 1 amide bonds. The number of piperidine rings is 1. The summed E-state index contributed by atoms with van der Waals surface area (Å²) in [5.41, 5.74) is 3.90. The monoisotopic (exact) mass is 304 g/mol. The maximum absolute atomic E-state index is 12.5. The molecule has 2 aromatic rings. The lowest BCUT2D eigenvalue weighted by molar-refractivity contribution is 0.0713. The molecule has 0 N–H and O–H groups in total. The number of nitriles is 1. The smallest absolute Gasteiger partial charge is 0.253 e. The molecule has 1 aliphatic rings. The molecule has 23 heavy (non-hydrogen) atoms. The SMILES string of the molecule is Cc1ccc(C2CCN(C(=O)c3ccc(C#N)cc3)CC2)cc1. The molecule has 0 saturated carbocycles.